The largest absolute Gasteiger partial charge is 0.284 e. The zero-order chi connectivity index (χ0) is 19.1. The molecule has 0 bridgehead atoms. The molecule has 1 heterocycles. The Morgan fingerprint density at radius 3 is 2.68 bits per heavy atom. The Morgan fingerprint density at radius 1 is 1.18 bits per heavy atom. The number of aromatic nitrogens is 2. The number of hydrogen-bond acceptors (Lipinski definition) is 3. The number of rotatable bonds is 3. The summed E-state index contributed by atoms with van der Waals surface area (Å²) in [6.07, 6.45) is 15.8. The molecule has 4 heteroatoms. The van der Waals surface area contributed by atoms with Gasteiger partial charge in [-0.3, -0.25) is 9.36 Å². The Labute approximate surface area is 171 Å². The smallest absolute Gasteiger partial charge is 0.258 e. The van der Waals surface area contributed by atoms with E-state index in [-0.39, 0.29) is 17.0 Å². The third-order valence-corrected chi connectivity index (χ3v) is 7.84. The van der Waals surface area contributed by atoms with Gasteiger partial charge in [-0.2, -0.15) is 0 Å². The Morgan fingerprint density at radius 2 is 1.93 bits per heavy atom. The maximum Gasteiger partial charge on any atom is 0.258 e. The van der Waals surface area contributed by atoms with Gasteiger partial charge in [-0.15, -0.1) is 6.42 Å². The van der Waals surface area contributed by atoms with Crippen LogP contribution in [0, 0.1) is 12.3 Å². The molecule has 5 rings (SSSR count). The average molecular weight is 391 g/mol. The number of thioether (sulfide) groups is 1. The molecule has 144 valence electrons. The molecule has 1 aromatic heterocycles. The van der Waals surface area contributed by atoms with Crippen molar-refractivity contribution in [2.75, 3.05) is 5.75 Å². The molecular formula is C24H26N2OS. The van der Waals surface area contributed by atoms with Gasteiger partial charge in [0.15, 0.2) is 5.16 Å². The molecule has 0 atom stereocenters. The minimum Gasteiger partial charge on any atom is -0.284 e. The second-order valence-electron chi connectivity index (χ2n) is 8.54. The lowest BCUT2D eigenvalue weighted by atomic mass is 9.68. The van der Waals surface area contributed by atoms with Crippen LogP contribution in [0.15, 0.2) is 34.2 Å². The van der Waals surface area contributed by atoms with Crippen molar-refractivity contribution in [3.8, 4) is 23.6 Å². The van der Waals surface area contributed by atoms with Crippen LogP contribution in [-0.4, -0.2) is 15.3 Å². The molecule has 1 aromatic carbocycles. The summed E-state index contributed by atoms with van der Waals surface area (Å²) in [5, 5.41) is 0.811. The molecule has 3 aliphatic rings. The van der Waals surface area contributed by atoms with Crippen molar-refractivity contribution in [3.63, 3.8) is 0 Å². The lowest BCUT2D eigenvalue weighted by Crippen LogP contribution is -2.38. The molecular weight excluding hydrogens is 364 g/mol. The molecule has 0 aliphatic heterocycles. The molecule has 28 heavy (non-hydrogen) atoms. The van der Waals surface area contributed by atoms with Crippen molar-refractivity contribution >= 4 is 11.8 Å². The minimum absolute atomic E-state index is 0.130. The van der Waals surface area contributed by atoms with Crippen LogP contribution in [0.3, 0.4) is 0 Å². The van der Waals surface area contributed by atoms with Crippen LogP contribution in [0.5, 0.6) is 0 Å². The van der Waals surface area contributed by atoms with Gasteiger partial charge in [-0.25, -0.2) is 4.98 Å². The summed E-state index contributed by atoms with van der Waals surface area (Å²) in [6.45, 7) is 0. The van der Waals surface area contributed by atoms with E-state index in [1.807, 2.05) is 4.57 Å². The first-order valence-electron chi connectivity index (χ1n) is 10.5. The topological polar surface area (TPSA) is 34.9 Å². The monoisotopic (exact) mass is 390 g/mol. The van der Waals surface area contributed by atoms with Crippen molar-refractivity contribution in [1.29, 1.82) is 0 Å². The molecule has 2 fully saturated rings. The van der Waals surface area contributed by atoms with Crippen LogP contribution in [0.2, 0.25) is 0 Å². The third kappa shape index (κ3) is 2.75. The highest BCUT2D eigenvalue weighted by Crippen LogP contribution is 2.50. The summed E-state index contributed by atoms with van der Waals surface area (Å²) in [5.41, 5.74) is 4.75. The first kappa shape index (κ1) is 18.1. The molecule has 0 radical (unpaired) electrons. The lowest BCUT2D eigenvalue weighted by Gasteiger charge is -2.37. The number of hydrogen-bond donors (Lipinski definition) is 0. The average Bonchev–Trinajstić information content (AvgIpc) is 3.41. The fourth-order valence-electron chi connectivity index (χ4n) is 5.71. The Bertz CT molecular complexity index is 1000. The quantitative estimate of drug-likeness (QED) is 0.414. The normalized spacial score (nSPS) is 20.1. The van der Waals surface area contributed by atoms with E-state index in [1.54, 1.807) is 0 Å². The van der Waals surface area contributed by atoms with Gasteiger partial charge in [0, 0.05) is 22.6 Å². The fraction of sp³-hybridized carbons (Fsp3) is 0.500. The van der Waals surface area contributed by atoms with Crippen LogP contribution < -0.4 is 5.56 Å². The highest BCUT2D eigenvalue weighted by atomic mass is 32.2. The molecule has 0 N–H and O–H groups in total. The third-order valence-electron chi connectivity index (χ3n) is 6.98. The second kappa shape index (κ2) is 7.12. The van der Waals surface area contributed by atoms with Crippen molar-refractivity contribution in [2.45, 2.75) is 74.4 Å². The summed E-state index contributed by atoms with van der Waals surface area (Å²) in [7, 11) is 0. The predicted octanol–water partition coefficient (Wildman–Crippen LogP) is 5.12. The Balaban J connectivity index is 1.73. The predicted molar refractivity (Wildman–Crippen MR) is 115 cm³/mol. The van der Waals surface area contributed by atoms with Crippen molar-refractivity contribution in [2.24, 2.45) is 0 Å². The number of nitrogens with zero attached hydrogens (tertiary/aromatic N) is 2. The zero-order valence-electron chi connectivity index (χ0n) is 16.2. The van der Waals surface area contributed by atoms with Gasteiger partial charge >= 0.3 is 0 Å². The molecule has 0 amide bonds. The lowest BCUT2D eigenvalue weighted by molar-refractivity contribution is 0.410. The van der Waals surface area contributed by atoms with Gasteiger partial charge in [0.25, 0.3) is 5.56 Å². The molecule has 0 saturated heterocycles. The van der Waals surface area contributed by atoms with Crippen molar-refractivity contribution in [1.82, 2.24) is 9.55 Å². The summed E-state index contributed by atoms with van der Waals surface area (Å²) < 4.78 is 2.00. The van der Waals surface area contributed by atoms with Gasteiger partial charge in [-0.05, 0) is 37.7 Å². The molecule has 3 aliphatic carbocycles. The zero-order valence-corrected chi connectivity index (χ0v) is 17.1. The first-order valence-corrected chi connectivity index (χ1v) is 11.5. The van der Waals surface area contributed by atoms with Crippen LogP contribution >= 0.6 is 11.8 Å². The minimum atomic E-state index is 0.130. The van der Waals surface area contributed by atoms with E-state index in [0.29, 0.717) is 5.75 Å². The Hall–Kier alpha value is -1.99. The van der Waals surface area contributed by atoms with Crippen LogP contribution in [0.1, 0.15) is 68.5 Å². The SMILES string of the molecule is C#CCSc1nc2c(c(=O)n1C1CCCC1)CC1(CCCC1)c1ccccc1-2. The number of fused-ring (bicyclic) bond motifs is 4. The van der Waals surface area contributed by atoms with Gasteiger partial charge in [0.1, 0.15) is 0 Å². The highest BCUT2D eigenvalue weighted by molar-refractivity contribution is 7.99. The summed E-state index contributed by atoms with van der Waals surface area (Å²) in [6, 6.07) is 8.92. The van der Waals surface area contributed by atoms with Crippen LogP contribution in [0.4, 0.5) is 0 Å². The van der Waals surface area contributed by atoms with Gasteiger partial charge in [-0.1, -0.05) is 67.6 Å². The second-order valence-corrected chi connectivity index (χ2v) is 9.48. The van der Waals surface area contributed by atoms with Gasteiger partial charge < -0.3 is 0 Å². The van der Waals surface area contributed by atoms with Crippen molar-refractivity contribution in [3.05, 3.63) is 45.7 Å². The van der Waals surface area contributed by atoms with E-state index in [4.69, 9.17) is 11.4 Å². The molecule has 3 nitrogen and oxygen atoms in total. The van der Waals surface area contributed by atoms with Gasteiger partial charge in [0.2, 0.25) is 0 Å². The first-order chi connectivity index (χ1) is 13.7. The molecule has 1 spiro atoms. The van der Waals surface area contributed by atoms with Crippen molar-refractivity contribution < 1.29 is 0 Å². The summed E-state index contributed by atoms with van der Waals surface area (Å²) >= 11 is 1.54. The number of benzene rings is 1. The standard InChI is InChI=1S/C24H26N2OS/c1-2-15-28-23-25-21-18-11-5-6-12-20(18)24(13-7-8-14-24)16-19(21)22(27)26(23)17-9-3-4-10-17/h1,5-6,11-12,17H,3-4,7-10,13-16H2. The molecule has 2 saturated carbocycles. The van der Waals surface area contributed by atoms with E-state index < -0.39 is 0 Å². The highest BCUT2D eigenvalue weighted by Gasteiger charge is 2.43. The van der Waals surface area contributed by atoms with E-state index in [1.165, 1.54) is 61.4 Å². The summed E-state index contributed by atoms with van der Waals surface area (Å²) in [5.74, 6) is 3.25. The summed E-state index contributed by atoms with van der Waals surface area (Å²) in [4.78, 5) is 18.9. The number of terminal acetylenes is 1. The maximum absolute atomic E-state index is 13.8. The molecule has 2 aromatic rings. The van der Waals surface area contributed by atoms with E-state index in [0.717, 1.165) is 35.7 Å². The van der Waals surface area contributed by atoms with E-state index >= 15 is 0 Å². The van der Waals surface area contributed by atoms with E-state index in [9.17, 15) is 4.79 Å². The van der Waals surface area contributed by atoms with Crippen LogP contribution in [-0.2, 0) is 11.8 Å². The fourth-order valence-corrected chi connectivity index (χ4v) is 6.45. The maximum atomic E-state index is 13.8. The van der Waals surface area contributed by atoms with E-state index in [2.05, 4.69) is 30.2 Å². The van der Waals surface area contributed by atoms with Gasteiger partial charge in [0.05, 0.1) is 11.4 Å². The molecule has 0 unspecified atom stereocenters. The van der Waals surface area contributed by atoms with Crippen LogP contribution in [0.25, 0.3) is 11.3 Å². The Kier molecular flexibility index (Phi) is 4.59.